The van der Waals surface area contributed by atoms with Gasteiger partial charge in [-0.25, -0.2) is 14.8 Å². The molecule has 5 nitrogen and oxygen atoms in total. The van der Waals surface area contributed by atoms with Crippen molar-refractivity contribution in [2.75, 3.05) is 0 Å². The number of aromatic carboxylic acids is 1. The Hall–Kier alpha value is -2.17. The van der Waals surface area contributed by atoms with Crippen LogP contribution in [0.5, 0.6) is 0 Å². The molecule has 2 heterocycles. The molecule has 0 aromatic carbocycles. The molecule has 88 valence electrons. The van der Waals surface area contributed by atoms with E-state index in [1.807, 2.05) is 6.92 Å². The second-order valence-corrected chi connectivity index (χ2v) is 3.69. The first kappa shape index (κ1) is 11.3. The topological polar surface area (TPSA) is 68.0 Å². The first-order chi connectivity index (χ1) is 8.24. The largest absolute Gasteiger partial charge is 0.477 e. The van der Waals surface area contributed by atoms with Crippen LogP contribution in [0.2, 0.25) is 0 Å². The minimum absolute atomic E-state index is 0.297. The fourth-order valence-electron chi connectivity index (χ4n) is 1.80. The van der Waals surface area contributed by atoms with E-state index in [1.54, 1.807) is 29.1 Å². The number of hydrogen-bond donors (Lipinski definition) is 1. The molecule has 0 aliphatic rings. The predicted octanol–water partition coefficient (Wildman–Crippen LogP) is 2.05. The standard InChI is InChI=1S/C12H13N3O2/c1-2-5-15-10(3-4-11(15)12(16)17)9-6-13-8-14-7-9/h3-4,6-8H,2,5H2,1H3,(H,16,17). The van der Waals surface area contributed by atoms with E-state index in [1.165, 1.54) is 6.33 Å². The monoisotopic (exact) mass is 231 g/mol. The summed E-state index contributed by atoms with van der Waals surface area (Å²) in [6.45, 7) is 2.68. The Balaban J connectivity index is 2.51. The van der Waals surface area contributed by atoms with Gasteiger partial charge in [0, 0.05) is 24.5 Å². The normalized spacial score (nSPS) is 10.4. The molecule has 0 unspecified atom stereocenters. The number of hydrogen-bond acceptors (Lipinski definition) is 3. The second kappa shape index (κ2) is 4.78. The highest BCUT2D eigenvalue weighted by molar-refractivity contribution is 5.87. The Labute approximate surface area is 98.8 Å². The smallest absolute Gasteiger partial charge is 0.352 e. The first-order valence-electron chi connectivity index (χ1n) is 5.42. The Morgan fingerprint density at radius 3 is 2.65 bits per heavy atom. The summed E-state index contributed by atoms with van der Waals surface area (Å²) in [5.41, 5.74) is 1.96. The fourth-order valence-corrected chi connectivity index (χ4v) is 1.80. The van der Waals surface area contributed by atoms with Gasteiger partial charge in [0.15, 0.2) is 0 Å². The van der Waals surface area contributed by atoms with Gasteiger partial charge < -0.3 is 9.67 Å². The van der Waals surface area contributed by atoms with Gasteiger partial charge in [-0.2, -0.15) is 0 Å². The van der Waals surface area contributed by atoms with Crippen LogP contribution < -0.4 is 0 Å². The minimum atomic E-state index is -0.915. The third kappa shape index (κ3) is 2.18. The molecule has 5 heteroatoms. The van der Waals surface area contributed by atoms with Crippen LogP contribution in [0, 0.1) is 0 Å². The van der Waals surface area contributed by atoms with Crippen LogP contribution in [0.4, 0.5) is 0 Å². The van der Waals surface area contributed by atoms with E-state index in [0.29, 0.717) is 12.2 Å². The van der Waals surface area contributed by atoms with Crippen LogP contribution in [0.3, 0.4) is 0 Å². The Morgan fingerprint density at radius 2 is 2.06 bits per heavy atom. The molecule has 1 N–H and O–H groups in total. The van der Waals surface area contributed by atoms with E-state index in [2.05, 4.69) is 9.97 Å². The van der Waals surface area contributed by atoms with Crippen molar-refractivity contribution in [3.63, 3.8) is 0 Å². The summed E-state index contributed by atoms with van der Waals surface area (Å²) in [5.74, 6) is -0.915. The van der Waals surface area contributed by atoms with E-state index in [-0.39, 0.29) is 0 Å². The van der Waals surface area contributed by atoms with Crippen molar-refractivity contribution < 1.29 is 9.90 Å². The fraction of sp³-hybridized carbons (Fsp3) is 0.250. The number of aromatic nitrogens is 3. The summed E-state index contributed by atoms with van der Waals surface area (Å²) in [7, 11) is 0. The van der Waals surface area contributed by atoms with Crippen molar-refractivity contribution >= 4 is 5.97 Å². The summed E-state index contributed by atoms with van der Waals surface area (Å²) < 4.78 is 1.78. The van der Waals surface area contributed by atoms with Crippen molar-refractivity contribution in [1.29, 1.82) is 0 Å². The number of carboxylic acid groups (broad SMARTS) is 1. The molecular weight excluding hydrogens is 218 g/mol. The summed E-state index contributed by atoms with van der Waals surface area (Å²) in [6.07, 6.45) is 5.69. The Bertz CT molecular complexity index is 520. The Morgan fingerprint density at radius 1 is 1.35 bits per heavy atom. The lowest BCUT2D eigenvalue weighted by Gasteiger charge is -2.09. The van der Waals surface area contributed by atoms with Crippen molar-refractivity contribution in [3.8, 4) is 11.3 Å². The van der Waals surface area contributed by atoms with Crippen LogP contribution in [-0.2, 0) is 6.54 Å². The lowest BCUT2D eigenvalue weighted by Crippen LogP contribution is -2.09. The minimum Gasteiger partial charge on any atom is -0.477 e. The van der Waals surface area contributed by atoms with Gasteiger partial charge in [-0.15, -0.1) is 0 Å². The Kier molecular flexibility index (Phi) is 3.18. The summed E-state index contributed by atoms with van der Waals surface area (Å²) in [4.78, 5) is 19.0. The van der Waals surface area contributed by atoms with E-state index in [0.717, 1.165) is 17.7 Å². The van der Waals surface area contributed by atoms with Gasteiger partial charge >= 0.3 is 5.97 Å². The van der Waals surface area contributed by atoms with Crippen LogP contribution in [0.25, 0.3) is 11.3 Å². The average Bonchev–Trinajstić information content (AvgIpc) is 2.75. The molecule has 2 rings (SSSR count). The van der Waals surface area contributed by atoms with Gasteiger partial charge in [-0.05, 0) is 18.6 Å². The number of nitrogens with zero attached hydrogens (tertiary/aromatic N) is 3. The lowest BCUT2D eigenvalue weighted by molar-refractivity contribution is 0.0685. The van der Waals surface area contributed by atoms with Gasteiger partial charge in [-0.3, -0.25) is 0 Å². The van der Waals surface area contributed by atoms with Crippen LogP contribution in [-0.4, -0.2) is 25.6 Å². The van der Waals surface area contributed by atoms with Crippen molar-refractivity contribution in [3.05, 3.63) is 36.5 Å². The molecule has 0 aliphatic heterocycles. The van der Waals surface area contributed by atoms with Crippen LogP contribution >= 0.6 is 0 Å². The number of carbonyl (C=O) groups is 1. The SMILES string of the molecule is CCCn1c(C(=O)O)ccc1-c1cncnc1. The van der Waals surface area contributed by atoms with Crippen molar-refractivity contribution in [2.24, 2.45) is 0 Å². The molecule has 0 saturated carbocycles. The summed E-state index contributed by atoms with van der Waals surface area (Å²) in [5, 5.41) is 9.10. The third-order valence-corrected chi connectivity index (χ3v) is 2.50. The molecule has 0 radical (unpaired) electrons. The van der Waals surface area contributed by atoms with Crippen LogP contribution in [0.15, 0.2) is 30.9 Å². The molecule has 17 heavy (non-hydrogen) atoms. The van der Waals surface area contributed by atoms with Gasteiger partial charge in [0.05, 0.1) is 5.69 Å². The molecule has 0 spiro atoms. The van der Waals surface area contributed by atoms with Gasteiger partial charge in [0.2, 0.25) is 0 Å². The molecule has 0 aliphatic carbocycles. The maximum Gasteiger partial charge on any atom is 0.352 e. The average molecular weight is 231 g/mol. The molecular formula is C12H13N3O2. The summed E-state index contributed by atoms with van der Waals surface area (Å²) in [6, 6.07) is 3.40. The second-order valence-electron chi connectivity index (χ2n) is 3.69. The predicted molar refractivity (Wildman–Crippen MR) is 62.7 cm³/mol. The van der Waals surface area contributed by atoms with E-state index in [4.69, 9.17) is 5.11 Å². The first-order valence-corrected chi connectivity index (χ1v) is 5.42. The molecule has 2 aromatic rings. The molecule has 0 bridgehead atoms. The van der Waals surface area contributed by atoms with E-state index in [9.17, 15) is 4.79 Å². The van der Waals surface area contributed by atoms with Crippen molar-refractivity contribution in [1.82, 2.24) is 14.5 Å². The molecule has 0 saturated heterocycles. The van der Waals surface area contributed by atoms with Gasteiger partial charge in [-0.1, -0.05) is 6.92 Å². The molecule has 2 aromatic heterocycles. The third-order valence-electron chi connectivity index (χ3n) is 2.50. The highest BCUT2D eigenvalue weighted by Crippen LogP contribution is 2.21. The summed E-state index contributed by atoms with van der Waals surface area (Å²) >= 11 is 0. The van der Waals surface area contributed by atoms with Gasteiger partial charge in [0.1, 0.15) is 12.0 Å². The zero-order valence-corrected chi connectivity index (χ0v) is 9.50. The van der Waals surface area contributed by atoms with Gasteiger partial charge in [0.25, 0.3) is 0 Å². The van der Waals surface area contributed by atoms with Crippen LogP contribution in [0.1, 0.15) is 23.8 Å². The van der Waals surface area contributed by atoms with Crippen molar-refractivity contribution in [2.45, 2.75) is 19.9 Å². The maximum absolute atomic E-state index is 11.1. The highest BCUT2D eigenvalue weighted by Gasteiger charge is 2.14. The molecule has 0 amide bonds. The number of rotatable bonds is 4. The van der Waals surface area contributed by atoms with E-state index >= 15 is 0 Å². The maximum atomic E-state index is 11.1. The number of carboxylic acids is 1. The quantitative estimate of drug-likeness (QED) is 0.874. The zero-order chi connectivity index (χ0) is 12.3. The van der Waals surface area contributed by atoms with E-state index < -0.39 is 5.97 Å². The zero-order valence-electron chi connectivity index (χ0n) is 9.50. The molecule has 0 fully saturated rings. The highest BCUT2D eigenvalue weighted by atomic mass is 16.4. The molecule has 0 atom stereocenters. The lowest BCUT2D eigenvalue weighted by atomic mass is 10.2.